The standard InChI is InChI=1S/C12H9BrF3N3O/c1-17-11-18-6-9(13)10(19-11)20-8-4-2-3-7(5-8)12(14,15)16/h2-6H,1H3,(H,17,18,19). The van der Waals surface area contributed by atoms with Gasteiger partial charge in [-0.2, -0.15) is 18.2 Å². The van der Waals surface area contributed by atoms with Crippen LogP contribution in [0, 0.1) is 0 Å². The van der Waals surface area contributed by atoms with E-state index in [9.17, 15) is 13.2 Å². The van der Waals surface area contributed by atoms with Gasteiger partial charge in [-0.1, -0.05) is 6.07 Å². The summed E-state index contributed by atoms with van der Waals surface area (Å²) in [5, 5.41) is 2.71. The van der Waals surface area contributed by atoms with Gasteiger partial charge in [-0.3, -0.25) is 0 Å². The van der Waals surface area contributed by atoms with Crippen molar-refractivity contribution in [3.05, 3.63) is 40.5 Å². The number of rotatable bonds is 3. The maximum Gasteiger partial charge on any atom is 0.416 e. The minimum Gasteiger partial charge on any atom is -0.438 e. The second-order valence-corrected chi connectivity index (χ2v) is 4.58. The van der Waals surface area contributed by atoms with E-state index in [4.69, 9.17) is 4.74 Å². The number of ether oxygens (including phenoxy) is 1. The monoisotopic (exact) mass is 347 g/mol. The fraction of sp³-hybridized carbons (Fsp3) is 0.167. The Labute approximate surface area is 121 Å². The van der Waals surface area contributed by atoms with Crippen LogP contribution in [0.3, 0.4) is 0 Å². The summed E-state index contributed by atoms with van der Waals surface area (Å²) >= 11 is 3.18. The van der Waals surface area contributed by atoms with Crippen LogP contribution in [0.1, 0.15) is 5.56 Å². The zero-order valence-electron chi connectivity index (χ0n) is 10.2. The molecule has 1 aromatic heterocycles. The van der Waals surface area contributed by atoms with Gasteiger partial charge in [-0.05, 0) is 34.1 Å². The van der Waals surface area contributed by atoms with Gasteiger partial charge in [0.25, 0.3) is 0 Å². The molecule has 0 aliphatic rings. The number of nitrogens with zero attached hydrogens (tertiary/aromatic N) is 2. The zero-order valence-corrected chi connectivity index (χ0v) is 11.8. The topological polar surface area (TPSA) is 47.0 Å². The zero-order chi connectivity index (χ0) is 14.8. The number of benzene rings is 1. The van der Waals surface area contributed by atoms with Gasteiger partial charge in [0.1, 0.15) is 5.75 Å². The normalized spacial score (nSPS) is 11.2. The van der Waals surface area contributed by atoms with Crippen LogP contribution in [0.5, 0.6) is 11.6 Å². The first-order chi connectivity index (χ1) is 9.40. The Kier molecular flexibility index (Phi) is 4.12. The Morgan fingerprint density at radius 2 is 2.05 bits per heavy atom. The average molecular weight is 348 g/mol. The van der Waals surface area contributed by atoms with Crippen LogP contribution in [0.25, 0.3) is 0 Å². The van der Waals surface area contributed by atoms with E-state index in [2.05, 4.69) is 31.2 Å². The number of anilines is 1. The SMILES string of the molecule is CNc1ncc(Br)c(Oc2cccc(C(F)(F)F)c2)n1. The Hall–Kier alpha value is -1.83. The predicted octanol–water partition coefficient (Wildman–Crippen LogP) is 4.09. The predicted molar refractivity (Wildman–Crippen MR) is 70.8 cm³/mol. The molecule has 0 unspecified atom stereocenters. The van der Waals surface area contributed by atoms with Crippen LogP contribution in [-0.2, 0) is 6.18 Å². The van der Waals surface area contributed by atoms with Crippen molar-refractivity contribution in [1.29, 1.82) is 0 Å². The third-order valence-corrected chi connectivity index (χ3v) is 2.86. The lowest BCUT2D eigenvalue weighted by molar-refractivity contribution is -0.137. The molecule has 0 spiro atoms. The van der Waals surface area contributed by atoms with E-state index in [0.29, 0.717) is 10.4 Å². The molecule has 1 N–H and O–H groups in total. The molecule has 0 saturated carbocycles. The molecule has 0 radical (unpaired) electrons. The van der Waals surface area contributed by atoms with Gasteiger partial charge in [0, 0.05) is 7.05 Å². The molecule has 0 aliphatic carbocycles. The lowest BCUT2D eigenvalue weighted by Crippen LogP contribution is -2.04. The van der Waals surface area contributed by atoms with E-state index in [1.165, 1.54) is 18.3 Å². The minimum atomic E-state index is -4.42. The molecular weight excluding hydrogens is 339 g/mol. The van der Waals surface area contributed by atoms with Crippen molar-refractivity contribution in [2.24, 2.45) is 0 Å². The van der Waals surface area contributed by atoms with E-state index in [-0.39, 0.29) is 11.6 Å². The van der Waals surface area contributed by atoms with Crippen LogP contribution in [0.15, 0.2) is 34.9 Å². The highest BCUT2D eigenvalue weighted by atomic mass is 79.9. The summed E-state index contributed by atoms with van der Waals surface area (Å²) in [5.41, 5.74) is -0.783. The molecule has 0 bridgehead atoms. The Morgan fingerprint density at radius 3 is 2.70 bits per heavy atom. The molecule has 1 aromatic carbocycles. The van der Waals surface area contributed by atoms with Crippen molar-refractivity contribution < 1.29 is 17.9 Å². The summed E-state index contributed by atoms with van der Waals surface area (Å²) < 4.78 is 43.6. The van der Waals surface area contributed by atoms with Gasteiger partial charge in [0.15, 0.2) is 0 Å². The number of halogens is 4. The number of hydrogen-bond acceptors (Lipinski definition) is 4. The summed E-state index contributed by atoms with van der Waals surface area (Å²) in [6.07, 6.45) is -2.97. The Bertz CT molecular complexity index is 619. The van der Waals surface area contributed by atoms with E-state index in [1.807, 2.05) is 0 Å². The van der Waals surface area contributed by atoms with E-state index in [1.54, 1.807) is 7.05 Å². The highest BCUT2D eigenvalue weighted by Crippen LogP contribution is 2.33. The summed E-state index contributed by atoms with van der Waals surface area (Å²) in [5.74, 6) is 0.472. The first kappa shape index (κ1) is 14.6. The fourth-order valence-electron chi connectivity index (χ4n) is 1.39. The smallest absolute Gasteiger partial charge is 0.416 e. The number of hydrogen-bond donors (Lipinski definition) is 1. The van der Waals surface area contributed by atoms with Crippen LogP contribution < -0.4 is 10.1 Å². The molecule has 0 fully saturated rings. The summed E-state index contributed by atoms with van der Waals surface area (Å²) in [6.45, 7) is 0. The molecule has 0 aliphatic heterocycles. The number of nitrogens with one attached hydrogen (secondary N) is 1. The van der Waals surface area contributed by atoms with Gasteiger partial charge in [0.05, 0.1) is 16.2 Å². The molecule has 0 atom stereocenters. The molecule has 0 amide bonds. The maximum absolute atomic E-state index is 12.6. The van der Waals surface area contributed by atoms with Gasteiger partial charge in [0.2, 0.25) is 11.8 Å². The van der Waals surface area contributed by atoms with E-state index < -0.39 is 11.7 Å². The Balaban J connectivity index is 2.30. The molecular formula is C12H9BrF3N3O. The largest absolute Gasteiger partial charge is 0.438 e. The third-order valence-electron chi connectivity index (χ3n) is 2.31. The molecule has 8 heteroatoms. The van der Waals surface area contributed by atoms with Crippen molar-refractivity contribution in [3.8, 4) is 11.6 Å². The van der Waals surface area contributed by atoms with Crippen LogP contribution in [0.2, 0.25) is 0 Å². The summed E-state index contributed by atoms with van der Waals surface area (Å²) in [7, 11) is 1.62. The van der Waals surface area contributed by atoms with Gasteiger partial charge < -0.3 is 10.1 Å². The van der Waals surface area contributed by atoms with Gasteiger partial charge in [-0.25, -0.2) is 4.98 Å². The van der Waals surface area contributed by atoms with Crippen molar-refractivity contribution in [2.75, 3.05) is 12.4 Å². The van der Waals surface area contributed by atoms with Crippen LogP contribution >= 0.6 is 15.9 Å². The summed E-state index contributed by atoms with van der Waals surface area (Å²) in [4.78, 5) is 7.93. The molecule has 2 rings (SSSR count). The molecule has 0 saturated heterocycles. The van der Waals surface area contributed by atoms with Crippen LogP contribution in [-0.4, -0.2) is 17.0 Å². The third kappa shape index (κ3) is 3.38. The van der Waals surface area contributed by atoms with Gasteiger partial charge in [-0.15, -0.1) is 0 Å². The fourth-order valence-corrected chi connectivity index (χ4v) is 1.66. The highest BCUT2D eigenvalue weighted by Gasteiger charge is 2.30. The quantitative estimate of drug-likeness (QED) is 0.908. The van der Waals surface area contributed by atoms with E-state index in [0.717, 1.165) is 12.1 Å². The first-order valence-corrected chi connectivity index (χ1v) is 6.25. The second-order valence-electron chi connectivity index (χ2n) is 3.72. The average Bonchev–Trinajstić information content (AvgIpc) is 2.41. The maximum atomic E-state index is 12.6. The van der Waals surface area contributed by atoms with Crippen LogP contribution in [0.4, 0.5) is 19.1 Å². The molecule has 20 heavy (non-hydrogen) atoms. The van der Waals surface area contributed by atoms with Crippen molar-refractivity contribution in [3.63, 3.8) is 0 Å². The minimum absolute atomic E-state index is 0.0429. The first-order valence-electron chi connectivity index (χ1n) is 5.45. The van der Waals surface area contributed by atoms with Crippen molar-refractivity contribution in [1.82, 2.24) is 9.97 Å². The highest BCUT2D eigenvalue weighted by molar-refractivity contribution is 9.10. The second kappa shape index (κ2) is 5.66. The van der Waals surface area contributed by atoms with Crippen molar-refractivity contribution in [2.45, 2.75) is 6.18 Å². The number of aromatic nitrogens is 2. The van der Waals surface area contributed by atoms with Crippen molar-refractivity contribution >= 4 is 21.9 Å². The van der Waals surface area contributed by atoms with E-state index >= 15 is 0 Å². The Morgan fingerprint density at radius 1 is 1.30 bits per heavy atom. The number of alkyl halides is 3. The lowest BCUT2D eigenvalue weighted by Gasteiger charge is -2.10. The molecule has 106 valence electrons. The lowest BCUT2D eigenvalue weighted by atomic mass is 10.2. The summed E-state index contributed by atoms with van der Waals surface area (Å²) in [6, 6.07) is 4.57. The van der Waals surface area contributed by atoms with Gasteiger partial charge >= 0.3 is 6.18 Å². The molecule has 1 heterocycles. The molecule has 2 aromatic rings. The molecule has 4 nitrogen and oxygen atoms in total.